The van der Waals surface area contributed by atoms with E-state index in [9.17, 15) is 14.4 Å². The zero-order chi connectivity index (χ0) is 55.0. The van der Waals surface area contributed by atoms with Gasteiger partial charge in [-0.1, -0.05) is 147 Å². The molecular weight excluding hydrogens is 1000 g/mol. The molecule has 0 N–H and O–H groups in total. The maximum atomic E-state index is 18.1. The molecule has 0 unspecified atom stereocenters. The van der Waals surface area contributed by atoms with Crippen molar-refractivity contribution in [2.75, 3.05) is 64.3 Å². The molecule has 4 aromatic rings. The standard InChI is InChI=1S/C63H85FN6O9/c1-4-7-9-11-13-14-15-16-17-18-20-22-24-29-53(72)79-48-38-46-27-25-26-45(6-3)54(46)49(39-48)57-56(64)58-55-59(67-61(66-58)76-43-63(32-33-63)42-68-34-36-74-37-35-68)69-40-47-30-31-50(51(69)41-75-60(55)65-57)70(47)62(73)78-44-77-52(71)28-23-21-19-12-10-8-5-2/h3,25-27,38-39,47,50-51H,4-5,7-24,28-37,40-44H2,1-2H3/t47-,50+,51-/m1/s1. The maximum absolute atomic E-state index is 18.1. The lowest BCUT2D eigenvalue weighted by molar-refractivity contribution is -0.152. The number of carbonyl (C=O) groups excluding carboxylic acids is 3. The van der Waals surface area contributed by atoms with E-state index in [-0.39, 0.29) is 83.1 Å². The Balaban J connectivity index is 0.938. The van der Waals surface area contributed by atoms with Gasteiger partial charge in [-0.25, -0.2) is 14.2 Å². The number of benzene rings is 2. The van der Waals surface area contributed by atoms with Gasteiger partial charge in [0.05, 0.1) is 37.9 Å². The number of terminal acetylenes is 1. The number of piperazine rings is 1. The summed E-state index contributed by atoms with van der Waals surface area (Å²) in [7, 11) is 0. The monoisotopic (exact) mass is 1090 g/mol. The van der Waals surface area contributed by atoms with Crippen LogP contribution in [0.1, 0.15) is 186 Å². The number of aromatic nitrogens is 3. The van der Waals surface area contributed by atoms with E-state index in [1.807, 2.05) is 12.1 Å². The summed E-state index contributed by atoms with van der Waals surface area (Å²) in [5, 5.41) is 1.50. The molecule has 428 valence electrons. The van der Waals surface area contributed by atoms with Gasteiger partial charge in [0, 0.05) is 60.9 Å². The number of esters is 2. The van der Waals surface area contributed by atoms with Gasteiger partial charge in [0.15, 0.2) is 5.82 Å². The number of unbranched alkanes of at least 4 members (excludes halogenated alkanes) is 18. The van der Waals surface area contributed by atoms with Crippen molar-refractivity contribution >= 4 is 45.5 Å². The lowest BCUT2D eigenvalue weighted by Gasteiger charge is -2.45. The van der Waals surface area contributed by atoms with Crippen molar-refractivity contribution in [3.63, 3.8) is 0 Å². The van der Waals surface area contributed by atoms with Crippen LogP contribution in [-0.2, 0) is 23.8 Å². The van der Waals surface area contributed by atoms with Crippen LogP contribution in [0.15, 0.2) is 30.3 Å². The van der Waals surface area contributed by atoms with E-state index in [1.54, 1.807) is 23.1 Å². The SMILES string of the molecule is C#Cc1cccc2cc(OC(=O)CCCCCCCCCCCCCCC)cc(-c3nc4c5c(nc(OCC6(CN7CCOCC7)CC6)nc5c3F)N3C[C@H]5CC[C@@H]([C@H]3CO4)N5C(=O)OCOC(=O)CCCCCCCCC)c12. The third-order valence-corrected chi connectivity index (χ3v) is 17.0. The Kier molecular flexibility index (Phi) is 20.9. The molecule has 4 aliphatic heterocycles. The molecule has 1 saturated carbocycles. The molecule has 2 aromatic heterocycles. The second-order valence-electron chi connectivity index (χ2n) is 22.9. The molecule has 15 nitrogen and oxygen atoms in total. The molecular formula is C63H85FN6O9. The quantitative estimate of drug-likeness (QED) is 0.0154. The van der Waals surface area contributed by atoms with Crippen LogP contribution in [0.3, 0.4) is 0 Å². The van der Waals surface area contributed by atoms with Gasteiger partial charge in [0.2, 0.25) is 12.7 Å². The molecule has 0 radical (unpaired) electrons. The first-order chi connectivity index (χ1) is 38.7. The van der Waals surface area contributed by atoms with Gasteiger partial charge >= 0.3 is 24.0 Å². The number of anilines is 1. The number of ether oxygens (including phenoxy) is 6. The molecule has 16 heteroatoms. The van der Waals surface area contributed by atoms with Crippen LogP contribution >= 0.6 is 0 Å². The third-order valence-electron chi connectivity index (χ3n) is 17.0. The molecule has 5 aliphatic rings. The number of hydrogen-bond acceptors (Lipinski definition) is 14. The summed E-state index contributed by atoms with van der Waals surface area (Å²) in [6.45, 7) is 8.68. The Bertz CT molecular complexity index is 2740. The molecule has 2 bridgehead atoms. The number of nitrogens with zero attached hydrogens (tertiary/aromatic N) is 6. The number of amides is 1. The average molecular weight is 1090 g/mol. The average Bonchev–Trinajstić information content (AvgIpc) is 4.42. The predicted molar refractivity (Wildman–Crippen MR) is 304 cm³/mol. The van der Waals surface area contributed by atoms with Crippen molar-refractivity contribution in [2.45, 2.75) is 199 Å². The minimum atomic E-state index is -0.737. The second kappa shape index (κ2) is 28.6. The highest BCUT2D eigenvalue weighted by molar-refractivity contribution is 6.04. The predicted octanol–water partition coefficient (Wildman–Crippen LogP) is 13.0. The van der Waals surface area contributed by atoms with Gasteiger partial charge < -0.3 is 33.3 Å². The fourth-order valence-electron chi connectivity index (χ4n) is 12.3. The number of carbonyl (C=O) groups is 3. The first-order valence-electron chi connectivity index (χ1n) is 30.3. The van der Waals surface area contributed by atoms with E-state index in [4.69, 9.17) is 49.8 Å². The van der Waals surface area contributed by atoms with Gasteiger partial charge in [-0.3, -0.25) is 19.4 Å². The number of hydrogen-bond donors (Lipinski definition) is 0. The molecule has 4 fully saturated rings. The van der Waals surface area contributed by atoms with E-state index in [0.29, 0.717) is 73.3 Å². The largest absolute Gasteiger partial charge is 0.475 e. The van der Waals surface area contributed by atoms with E-state index in [1.165, 1.54) is 77.0 Å². The van der Waals surface area contributed by atoms with Gasteiger partial charge in [-0.05, 0) is 62.1 Å². The highest BCUT2D eigenvalue weighted by Gasteiger charge is 2.52. The Labute approximate surface area is 467 Å². The molecule has 1 amide bonds. The highest BCUT2D eigenvalue weighted by atomic mass is 19.1. The fourth-order valence-corrected chi connectivity index (χ4v) is 12.3. The summed E-state index contributed by atoms with van der Waals surface area (Å²) < 4.78 is 53.9. The Morgan fingerprint density at radius 3 is 2.09 bits per heavy atom. The first kappa shape index (κ1) is 57.9. The van der Waals surface area contributed by atoms with Crippen molar-refractivity contribution in [1.29, 1.82) is 0 Å². The normalized spacial score (nSPS) is 19.1. The van der Waals surface area contributed by atoms with E-state index in [0.717, 1.165) is 77.4 Å². The van der Waals surface area contributed by atoms with Crippen molar-refractivity contribution in [3.8, 4) is 41.2 Å². The summed E-state index contributed by atoms with van der Waals surface area (Å²) in [5.74, 6) is 2.05. The summed E-state index contributed by atoms with van der Waals surface area (Å²) in [6.07, 6.45) is 32.6. The molecule has 3 saturated heterocycles. The second-order valence-corrected chi connectivity index (χ2v) is 22.9. The van der Waals surface area contributed by atoms with Crippen LogP contribution in [0.5, 0.6) is 17.6 Å². The maximum Gasteiger partial charge on any atom is 0.413 e. The first-order valence-corrected chi connectivity index (χ1v) is 30.3. The smallest absolute Gasteiger partial charge is 0.413 e. The molecule has 3 atom stereocenters. The van der Waals surface area contributed by atoms with Gasteiger partial charge in [0.1, 0.15) is 34.8 Å². The molecule has 1 aliphatic carbocycles. The van der Waals surface area contributed by atoms with Gasteiger partial charge in [0.25, 0.3) is 0 Å². The Morgan fingerprint density at radius 2 is 1.43 bits per heavy atom. The van der Waals surface area contributed by atoms with E-state index >= 15 is 4.39 Å². The lowest BCUT2D eigenvalue weighted by atomic mass is 9.96. The van der Waals surface area contributed by atoms with Crippen LogP contribution in [0.4, 0.5) is 15.0 Å². The van der Waals surface area contributed by atoms with Crippen LogP contribution in [0, 0.1) is 23.6 Å². The van der Waals surface area contributed by atoms with Crippen molar-refractivity contribution < 1.29 is 47.2 Å². The highest BCUT2D eigenvalue weighted by Crippen LogP contribution is 2.49. The number of fused-ring (bicyclic) bond motifs is 6. The van der Waals surface area contributed by atoms with Crippen molar-refractivity contribution in [2.24, 2.45) is 5.41 Å². The van der Waals surface area contributed by atoms with Crippen LogP contribution in [0.25, 0.3) is 32.9 Å². The zero-order valence-electron chi connectivity index (χ0n) is 47.2. The summed E-state index contributed by atoms with van der Waals surface area (Å²) in [4.78, 5) is 61.1. The Morgan fingerprint density at radius 1 is 0.772 bits per heavy atom. The van der Waals surface area contributed by atoms with E-state index < -0.39 is 24.7 Å². The molecule has 9 rings (SSSR count). The van der Waals surface area contributed by atoms with Gasteiger partial charge in [-0.2, -0.15) is 9.97 Å². The number of rotatable bonds is 31. The van der Waals surface area contributed by atoms with E-state index in [2.05, 4.69) is 29.6 Å². The summed E-state index contributed by atoms with van der Waals surface area (Å²) >= 11 is 0. The lowest BCUT2D eigenvalue weighted by Crippen LogP contribution is -2.63. The molecule has 79 heavy (non-hydrogen) atoms. The minimum absolute atomic E-state index is 0.0240. The van der Waals surface area contributed by atoms with Crippen LogP contribution in [-0.4, -0.2) is 120 Å². The third kappa shape index (κ3) is 15.0. The number of morpholine rings is 1. The summed E-state index contributed by atoms with van der Waals surface area (Å²) in [6, 6.07) is 7.78. The number of pyridine rings is 1. The topological polar surface area (TPSA) is 155 Å². The molecule has 0 spiro atoms. The zero-order valence-corrected chi connectivity index (χ0v) is 47.2. The van der Waals surface area contributed by atoms with Crippen molar-refractivity contribution in [3.05, 3.63) is 41.7 Å². The Hall–Kier alpha value is -5.79. The van der Waals surface area contributed by atoms with Crippen LogP contribution in [0.2, 0.25) is 0 Å². The summed E-state index contributed by atoms with van der Waals surface area (Å²) in [5.41, 5.74) is 0.611. The fraction of sp³-hybridized carbons (Fsp3) is 0.651. The van der Waals surface area contributed by atoms with Crippen LogP contribution < -0.4 is 19.1 Å². The molecule has 6 heterocycles. The van der Waals surface area contributed by atoms with Crippen molar-refractivity contribution in [1.82, 2.24) is 24.8 Å². The van der Waals surface area contributed by atoms with Gasteiger partial charge in [-0.15, -0.1) is 6.42 Å². The number of halogens is 1. The minimum Gasteiger partial charge on any atom is -0.475 e. The molecule has 2 aromatic carbocycles.